The van der Waals surface area contributed by atoms with Crippen molar-refractivity contribution in [2.75, 3.05) is 17.6 Å². The van der Waals surface area contributed by atoms with Crippen molar-refractivity contribution >= 4 is 29.3 Å². The van der Waals surface area contributed by atoms with Crippen molar-refractivity contribution in [3.63, 3.8) is 0 Å². The minimum absolute atomic E-state index is 0.115. The van der Waals surface area contributed by atoms with Gasteiger partial charge in [0, 0.05) is 25.2 Å². The molecule has 2 heterocycles. The van der Waals surface area contributed by atoms with Crippen LogP contribution in [-0.2, 0) is 9.59 Å². The van der Waals surface area contributed by atoms with Gasteiger partial charge < -0.3 is 10.2 Å². The van der Waals surface area contributed by atoms with Gasteiger partial charge in [-0.2, -0.15) is 0 Å². The molecular formula is C22H29N5O2S. The molecule has 0 bridgehead atoms. The summed E-state index contributed by atoms with van der Waals surface area (Å²) in [6.07, 6.45) is 7.32. The fourth-order valence-corrected chi connectivity index (χ4v) is 5.69. The molecule has 30 heavy (non-hydrogen) atoms. The van der Waals surface area contributed by atoms with Gasteiger partial charge in [-0.3, -0.25) is 14.2 Å². The van der Waals surface area contributed by atoms with E-state index in [0.29, 0.717) is 22.9 Å². The van der Waals surface area contributed by atoms with Crippen LogP contribution in [-0.4, -0.2) is 49.8 Å². The number of hydrogen-bond donors (Lipinski definition) is 1. The molecule has 1 aliphatic carbocycles. The Bertz CT molecular complexity index is 926. The first kappa shape index (κ1) is 20.9. The molecule has 1 aromatic heterocycles. The highest BCUT2D eigenvalue weighted by molar-refractivity contribution is 7.99. The van der Waals surface area contributed by atoms with E-state index in [-0.39, 0.29) is 11.8 Å². The van der Waals surface area contributed by atoms with Crippen LogP contribution in [0.3, 0.4) is 0 Å². The molecule has 0 spiro atoms. The van der Waals surface area contributed by atoms with Crippen molar-refractivity contribution in [2.24, 2.45) is 5.92 Å². The average Bonchev–Trinajstić information content (AvgIpc) is 3.11. The molecule has 2 aliphatic rings. The van der Waals surface area contributed by atoms with Crippen LogP contribution in [0.15, 0.2) is 29.4 Å². The van der Waals surface area contributed by atoms with Crippen LogP contribution in [0.1, 0.15) is 51.3 Å². The minimum Gasteiger partial charge on any atom is -0.339 e. The number of amides is 2. The smallest absolute Gasteiger partial charge is 0.233 e. The highest BCUT2D eigenvalue weighted by Crippen LogP contribution is 2.36. The van der Waals surface area contributed by atoms with E-state index in [0.717, 1.165) is 36.6 Å². The number of aryl methyl sites for hydroxylation is 1. The van der Waals surface area contributed by atoms with Gasteiger partial charge in [0.2, 0.25) is 11.8 Å². The lowest BCUT2D eigenvalue weighted by molar-refractivity contribution is -0.134. The Labute approximate surface area is 181 Å². The molecule has 4 rings (SSSR count). The number of nitrogens with one attached hydrogen (secondary N) is 1. The lowest BCUT2D eigenvalue weighted by Gasteiger charge is -2.44. The number of likely N-dealkylation sites (tertiary alicyclic amines) is 1. The zero-order valence-electron chi connectivity index (χ0n) is 17.6. The van der Waals surface area contributed by atoms with Crippen LogP contribution in [0.4, 0.5) is 5.69 Å². The zero-order chi connectivity index (χ0) is 21.1. The van der Waals surface area contributed by atoms with Crippen LogP contribution in [0.5, 0.6) is 0 Å². The lowest BCUT2D eigenvalue weighted by Crippen LogP contribution is -2.50. The topological polar surface area (TPSA) is 80.1 Å². The van der Waals surface area contributed by atoms with Crippen LogP contribution in [0.25, 0.3) is 5.69 Å². The summed E-state index contributed by atoms with van der Waals surface area (Å²) in [5, 5.41) is 12.0. The van der Waals surface area contributed by atoms with Crippen molar-refractivity contribution < 1.29 is 9.59 Å². The molecule has 2 atom stereocenters. The maximum atomic E-state index is 13.1. The summed E-state index contributed by atoms with van der Waals surface area (Å²) in [4.78, 5) is 26.6. The fraction of sp³-hybridized carbons (Fsp3) is 0.545. The average molecular weight is 428 g/mol. The molecule has 1 aromatic carbocycles. The van der Waals surface area contributed by atoms with Gasteiger partial charge in [-0.25, -0.2) is 0 Å². The first-order valence-corrected chi connectivity index (χ1v) is 11.7. The SMILES string of the molecule is CC(=O)Nc1cccc(-n2c(C)nnc2SCC(=O)N2CCCC3CCCCC32)c1. The second-order valence-electron chi connectivity index (χ2n) is 8.23. The van der Waals surface area contributed by atoms with Gasteiger partial charge in [0.1, 0.15) is 5.82 Å². The molecule has 160 valence electrons. The third-order valence-electron chi connectivity index (χ3n) is 6.11. The molecule has 2 amide bonds. The second kappa shape index (κ2) is 9.20. The maximum Gasteiger partial charge on any atom is 0.233 e. The second-order valence-corrected chi connectivity index (χ2v) is 9.17. The summed E-state index contributed by atoms with van der Waals surface area (Å²) < 4.78 is 1.93. The van der Waals surface area contributed by atoms with Crippen LogP contribution < -0.4 is 5.32 Å². The maximum absolute atomic E-state index is 13.1. The molecule has 2 fully saturated rings. The van der Waals surface area contributed by atoms with Crippen LogP contribution in [0.2, 0.25) is 0 Å². The molecule has 1 saturated heterocycles. The monoisotopic (exact) mass is 427 g/mol. The third-order valence-corrected chi connectivity index (χ3v) is 7.02. The number of fused-ring (bicyclic) bond motifs is 1. The van der Waals surface area contributed by atoms with Gasteiger partial charge in [0.25, 0.3) is 0 Å². The highest BCUT2D eigenvalue weighted by atomic mass is 32.2. The van der Waals surface area contributed by atoms with E-state index in [1.807, 2.05) is 35.8 Å². The van der Waals surface area contributed by atoms with Gasteiger partial charge in [-0.05, 0) is 56.7 Å². The summed E-state index contributed by atoms with van der Waals surface area (Å²) in [5.41, 5.74) is 1.58. The molecule has 7 nitrogen and oxygen atoms in total. The Kier molecular flexibility index (Phi) is 6.41. The Morgan fingerprint density at radius 3 is 2.80 bits per heavy atom. The molecular weight excluding hydrogens is 398 g/mol. The van der Waals surface area contributed by atoms with E-state index in [4.69, 9.17) is 0 Å². The van der Waals surface area contributed by atoms with E-state index in [1.54, 1.807) is 0 Å². The lowest BCUT2D eigenvalue weighted by atomic mass is 9.78. The summed E-state index contributed by atoms with van der Waals surface area (Å²) in [7, 11) is 0. The van der Waals surface area contributed by atoms with E-state index >= 15 is 0 Å². The number of hydrogen-bond acceptors (Lipinski definition) is 5. The quantitative estimate of drug-likeness (QED) is 0.734. The molecule has 2 unspecified atom stereocenters. The number of carbonyl (C=O) groups is 2. The predicted molar refractivity (Wildman–Crippen MR) is 118 cm³/mol. The number of benzene rings is 1. The van der Waals surface area contributed by atoms with Gasteiger partial charge in [-0.15, -0.1) is 10.2 Å². The third kappa shape index (κ3) is 4.53. The molecule has 1 N–H and O–H groups in total. The number of thioether (sulfide) groups is 1. The normalized spacial score (nSPS) is 21.2. The molecule has 2 aromatic rings. The molecule has 8 heteroatoms. The first-order chi connectivity index (χ1) is 14.5. The van der Waals surface area contributed by atoms with Crippen molar-refractivity contribution in [3.8, 4) is 5.69 Å². The van der Waals surface area contributed by atoms with Gasteiger partial charge >= 0.3 is 0 Å². The standard InChI is InChI=1S/C22H29N5O2S/c1-15-24-25-22(27(15)19-10-5-9-18(13-19)23-16(2)28)30-14-21(29)26-12-6-8-17-7-3-4-11-20(17)26/h5,9-10,13,17,20H,3-4,6-8,11-12,14H2,1-2H3,(H,23,28). The minimum atomic E-state index is -0.115. The van der Waals surface area contributed by atoms with Crippen molar-refractivity contribution in [2.45, 2.75) is 63.6 Å². The number of piperidine rings is 1. The Morgan fingerprint density at radius 2 is 1.97 bits per heavy atom. The number of carbonyl (C=O) groups excluding carboxylic acids is 2. The molecule has 1 saturated carbocycles. The van der Waals surface area contributed by atoms with Crippen LogP contribution >= 0.6 is 11.8 Å². The Morgan fingerprint density at radius 1 is 1.17 bits per heavy atom. The van der Waals surface area contributed by atoms with E-state index in [2.05, 4.69) is 20.4 Å². The van der Waals surface area contributed by atoms with Gasteiger partial charge in [0.05, 0.1) is 11.4 Å². The Balaban J connectivity index is 1.47. The zero-order valence-corrected chi connectivity index (χ0v) is 18.5. The highest BCUT2D eigenvalue weighted by Gasteiger charge is 2.35. The van der Waals surface area contributed by atoms with E-state index < -0.39 is 0 Å². The van der Waals surface area contributed by atoms with Crippen molar-refractivity contribution in [1.29, 1.82) is 0 Å². The van der Waals surface area contributed by atoms with E-state index in [9.17, 15) is 9.59 Å². The summed E-state index contributed by atoms with van der Waals surface area (Å²) in [6.45, 7) is 4.26. The van der Waals surface area contributed by atoms with Gasteiger partial charge in [0.15, 0.2) is 5.16 Å². The first-order valence-electron chi connectivity index (χ1n) is 10.8. The van der Waals surface area contributed by atoms with Crippen molar-refractivity contribution in [3.05, 3.63) is 30.1 Å². The number of rotatable bonds is 5. The summed E-state index contributed by atoms with van der Waals surface area (Å²) >= 11 is 1.43. The Hall–Kier alpha value is -2.35. The number of anilines is 1. The molecule has 0 radical (unpaired) electrons. The molecule has 1 aliphatic heterocycles. The summed E-state index contributed by atoms with van der Waals surface area (Å²) in [5.74, 6) is 1.89. The van der Waals surface area contributed by atoms with Crippen LogP contribution in [0, 0.1) is 12.8 Å². The largest absolute Gasteiger partial charge is 0.339 e. The summed E-state index contributed by atoms with van der Waals surface area (Å²) in [6, 6.07) is 8.00. The fourth-order valence-electron chi connectivity index (χ4n) is 4.80. The van der Waals surface area contributed by atoms with E-state index in [1.165, 1.54) is 44.4 Å². The van der Waals surface area contributed by atoms with Gasteiger partial charge in [-0.1, -0.05) is 30.7 Å². The predicted octanol–water partition coefficient (Wildman–Crippen LogP) is 3.81. The number of nitrogens with zero attached hydrogens (tertiary/aromatic N) is 4. The van der Waals surface area contributed by atoms with Crippen molar-refractivity contribution in [1.82, 2.24) is 19.7 Å². The number of aromatic nitrogens is 3.